The van der Waals surface area contributed by atoms with Crippen molar-refractivity contribution in [1.82, 2.24) is 14.9 Å². The zero-order chi connectivity index (χ0) is 19.5. The van der Waals surface area contributed by atoms with Gasteiger partial charge in [0.1, 0.15) is 11.6 Å². The number of aromatic nitrogens is 2. The fourth-order valence-electron chi connectivity index (χ4n) is 5.03. The number of carbonyl (C=O) groups excluding carboxylic acids is 1. The highest BCUT2D eigenvalue weighted by Crippen LogP contribution is 2.46. The topological polar surface area (TPSA) is 69.2 Å². The summed E-state index contributed by atoms with van der Waals surface area (Å²) in [6, 6.07) is 11.7. The Labute approximate surface area is 162 Å². The molecule has 2 unspecified atom stereocenters. The van der Waals surface area contributed by atoms with Crippen molar-refractivity contribution in [3.63, 3.8) is 0 Å². The second kappa shape index (κ2) is 6.14. The summed E-state index contributed by atoms with van der Waals surface area (Å²) in [5.74, 6) is 0.397. The van der Waals surface area contributed by atoms with Gasteiger partial charge in [0.05, 0.1) is 16.6 Å². The van der Waals surface area contributed by atoms with E-state index < -0.39 is 5.60 Å². The van der Waals surface area contributed by atoms with Crippen molar-refractivity contribution in [2.75, 3.05) is 0 Å². The first kappa shape index (κ1) is 17.4. The molecule has 0 radical (unpaired) electrons. The van der Waals surface area contributed by atoms with Gasteiger partial charge in [0.2, 0.25) is 0 Å². The molecule has 2 aliphatic rings. The zero-order valence-corrected chi connectivity index (χ0v) is 15.7. The second-order valence-electron chi connectivity index (χ2n) is 8.07. The number of aliphatic hydroxyl groups is 1. The van der Waals surface area contributed by atoms with Gasteiger partial charge in [-0.2, -0.15) is 0 Å². The number of piperidine rings is 1. The van der Waals surface area contributed by atoms with Gasteiger partial charge >= 0.3 is 0 Å². The minimum atomic E-state index is -1.22. The number of carbonyl (C=O) groups is 1. The molecule has 2 N–H and O–H groups in total. The average molecular weight is 379 g/mol. The number of halogens is 1. The average Bonchev–Trinajstić information content (AvgIpc) is 3.17. The van der Waals surface area contributed by atoms with Crippen LogP contribution in [0.25, 0.3) is 11.0 Å². The van der Waals surface area contributed by atoms with Gasteiger partial charge in [-0.3, -0.25) is 4.79 Å². The standard InChI is InChI=1S/C22H22FN3O2/c1-13-24-19-9-6-14(10-20(19)25-13)21(27)26-15-7-8-16(26)12-22(28,11-15)17-4-2-3-5-18(17)23/h2-6,9-10,15-16,28H,7-8,11-12H2,1H3,(H,24,25). The van der Waals surface area contributed by atoms with Crippen LogP contribution in [0.1, 0.15) is 47.4 Å². The van der Waals surface area contributed by atoms with E-state index in [0.717, 1.165) is 29.7 Å². The molecule has 0 saturated carbocycles. The molecule has 3 aromatic rings. The van der Waals surface area contributed by atoms with Crippen LogP contribution >= 0.6 is 0 Å². The van der Waals surface area contributed by atoms with Crippen molar-refractivity contribution >= 4 is 16.9 Å². The number of amides is 1. The van der Waals surface area contributed by atoms with Gasteiger partial charge in [-0.25, -0.2) is 9.37 Å². The third-order valence-electron chi connectivity index (χ3n) is 6.22. The number of hydrogen-bond acceptors (Lipinski definition) is 3. The Morgan fingerprint density at radius 1 is 1.21 bits per heavy atom. The van der Waals surface area contributed by atoms with Crippen LogP contribution in [0.3, 0.4) is 0 Å². The van der Waals surface area contributed by atoms with E-state index in [1.165, 1.54) is 6.07 Å². The lowest BCUT2D eigenvalue weighted by Crippen LogP contribution is -2.52. The Hall–Kier alpha value is -2.73. The van der Waals surface area contributed by atoms with Crippen molar-refractivity contribution in [3.05, 3.63) is 65.2 Å². The number of benzene rings is 2. The number of aromatic amines is 1. The number of aryl methyl sites for hydroxylation is 1. The lowest BCUT2D eigenvalue weighted by atomic mass is 9.80. The maximum absolute atomic E-state index is 14.3. The minimum Gasteiger partial charge on any atom is -0.385 e. The highest BCUT2D eigenvalue weighted by Gasteiger charge is 2.50. The van der Waals surface area contributed by atoms with Crippen LogP contribution in [0.5, 0.6) is 0 Å². The number of nitrogens with zero attached hydrogens (tertiary/aromatic N) is 2. The third-order valence-corrected chi connectivity index (χ3v) is 6.22. The van der Waals surface area contributed by atoms with Gasteiger partial charge in [-0.05, 0) is 44.0 Å². The first-order valence-corrected chi connectivity index (χ1v) is 9.71. The van der Waals surface area contributed by atoms with Crippen LogP contribution in [-0.4, -0.2) is 38.0 Å². The predicted molar refractivity (Wildman–Crippen MR) is 103 cm³/mol. The van der Waals surface area contributed by atoms with Crippen LogP contribution in [0.15, 0.2) is 42.5 Å². The van der Waals surface area contributed by atoms with E-state index in [4.69, 9.17) is 0 Å². The van der Waals surface area contributed by atoms with E-state index in [-0.39, 0.29) is 23.8 Å². The molecule has 2 aromatic carbocycles. The number of nitrogens with one attached hydrogen (secondary N) is 1. The summed E-state index contributed by atoms with van der Waals surface area (Å²) in [6.45, 7) is 1.88. The number of rotatable bonds is 2. The maximum atomic E-state index is 14.3. The Kier molecular flexibility index (Phi) is 3.81. The number of fused-ring (bicyclic) bond motifs is 3. The summed E-state index contributed by atoms with van der Waals surface area (Å²) < 4.78 is 14.3. The van der Waals surface area contributed by atoms with Crippen molar-refractivity contribution in [2.45, 2.75) is 50.3 Å². The number of hydrogen-bond donors (Lipinski definition) is 2. The smallest absolute Gasteiger partial charge is 0.254 e. The highest BCUT2D eigenvalue weighted by atomic mass is 19.1. The molecule has 6 heteroatoms. The largest absolute Gasteiger partial charge is 0.385 e. The summed E-state index contributed by atoms with van der Waals surface area (Å²) in [5.41, 5.74) is 1.41. The van der Waals surface area contributed by atoms with E-state index in [1.54, 1.807) is 18.2 Å². The van der Waals surface area contributed by atoms with Crippen LogP contribution in [0.2, 0.25) is 0 Å². The van der Waals surface area contributed by atoms with Gasteiger partial charge in [0.15, 0.2) is 0 Å². The van der Waals surface area contributed by atoms with Crippen LogP contribution in [0, 0.1) is 12.7 Å². The number of H-pyrrole nitrogens is 1. The van der Waals surface area contributed by atoms with Gasteiger partial charge < -0.3 is 15.0 Å². The Balaban J connectivity index is 1.44. The molecule has 1 amide bonds. The Morgan fingerprint density at radius 2 is 1.93 bits per heavy atom. The molecule has 2 atom stereocenters. The van der Waals surface area contributed by atoms with Crippen molar-refractivity contribution in [3.8, 4) is 0 Å². The minimum absolute atomic E-state index is 0.0303. The van der Waals surface area contributed by atoms with E-state index in [2.05, 4.69) is 9.97 Å². The lowest BCUT2D eigenvalue weighted by molar-refractivity contribution is -0.0500. The van der Waals surface area contributed by atoms with Crippen LogP contribution < -0.4 is 0 Å². The Morgan fingerprint density at radius 3 is 2.64 bits per heavy atom. The molecule has 5 rings (SSSR count). The van der Waals surface area contributed by atoms with Gasteiger partial charge in [0.25, 0.3) is 5.91 Å². The SMILES string of the molecule is Cc1nc2ccc(C(=O)N3C4CCC3CC(O)(c3ccccc3F)C4)cc2[nH]1. The Bertz CT molecular complexity index is 1060. The van der Waals surface area contributed by atoms with Gasteiger partial charge in [-0.1, -0.05) is 18.2 Å². The van der Waals surface area contributed by atoms with Gasteiger partial charge in [0, 0.05) is 36.1 Å². The van der Waals surface area contributed by atoms with Gasteiger partial charge in [-0.15, -0.1) is 0 Å². The van der Waals surface area contributed by atoms with Crippen molar-refractivity contribution in [2.24, 2.45) is 0 Å². The molecule has 5 nitrogen and oxygen atoms in total. The molecule has 3 heterocycles. The van der Waals surface area contributed by atoms with Crippen molar-refractivity contribution in [1.29, 1.82) is 0 Å². The molecule has 28 heavy (non-hydrogen) atoms. The first-order chi connectivity index (χ1) is 13.4. The van der Waals surface area contributed by atoms with E-state index in [9.17, 15) is 14.3 Å². The normalized spacial score (nSPS) is 26.8. The second-order valence-corrected chi connectivity index (χ2v) is 8.07. The molecule has 144 valence electrons. The molecule has 0 spiro atoms. The molecular formula is C22H22FN3O2. The molecule has 1 aromatic heterocycles. The zero-order valence-electron chi connectivity index (χ0n) is 15.7. The predicted octanol–water partition coefficient (Wildman–Crippen LogP) is 3.67. The lowest BCUT2D eigenvalue weighted by Gasteiger charge is -2.44. The summed E-state index contributed by atoms with van der Waals surface area (Å²) >= 11 is 0. The fraction of sp³-hybridized carbons (Fsp3) is 0.364. The third kappa shape index (κ3) is 2.63. The highest BCUT2D eigenvalue weighted by molar-refractivity contribution is 5.98. The molecule has 2 aliphatic heterocycles. The van der Waals surface area contributed by atoms with E-state index >= 15 is 0 Å². The summed E-state index contributed by atoms with van der Waals surface area (Å²) in [4.78, 5) is 22.7. The summed E-state index contributed by atoms with van der Waals surface area (Å²) in [6.07, 6.45) is 2.39. The molecular weight excluding hydrogens is 357 g/mol. The monoisotopic (exact) mass is 379 g/mol. The van der Waals surface area contributed by atoms with Crippen LogP contribution in [-0.2, 0) is 5.60 Å². The molecule has 0 aliphatic carbocycles. The molecule has 2 bridgehead atoms. The van der Waals surface area contributed by atoms with E-state index in [0.29, 0.717) is 24.0 Å². The first-order valence-electron chi connectivity index (χ1n) is 9.71. The summed E-state index contributed by atoms with van der Waals surface area (Å²) in [5, 5.41) is 11.2. The number of imidazole rings is 1. The maximum Gasteiger partial charge on any atom is 0.254 e. The quantitative estimate of drug-likeness (QED) is 0.714. The summed E-state index contributed by atoms with van der Waals surface area (Å²) in [7, 11) is 0. The van der Waals surface area contributed by atoms with E-state index in [1.807, 2.05) is 30.0 Å². The fourth-order valence-corrected chi connectivity index (χ4v) is 5.03. The molecule has 2 fully saturated rings. The molecule has 2 saturated heterocycles. The van der Waals surface area contributed by atoms with Crippen LogP contribution in [0.4, 0.5) is 4.39 Å². The van der Waals surface area contributed by atoms with Crippen molar-refractivity contribution < 1.29 is 14.3 Å².